The molecule has 10 heteroatoms. The van der Waals surface area contributed by atoms with Crippen molar-refractivity contribution in [3.05, 3.63) is 48.2 Å². The van der Waals surface area contributed by atoms with E-state index in [-0.39, 0.29) is 18.0 Å². The number of carbonyl (C=O) groups excluding carboxylic acids is 2. The second-order valence-corrected chi connectivity index (χ2v) is 9.05. The zero-order valence-corrected chi connectivity index (χ0v) is 18.8. The van der Waals surface area contributed by atoms with Gasteiger partial charge in [0.2, 0.25) is 0 Å². The van der Waals surface area contributed by atoms with E-state index in [2.05, 4.69) is 30.5 Å². The number of rotatable bonds is 5. The highest BCUT2D eigenvalue weighted by atomic mass is 16.4. The Hall–Kier alpha value is -3.95. The molecule has 2 fully saturated rings. The highest BCUT2D eigenvalue weighted by Gasteiger charge is 2.40. The maximum atomic E-state index is 13.5. The maximum absolute atomic E-state index is 13.5. The van der Waals surface area contributed by atoms with E-state index < -0.39 is 0 Å². The van der Waals surface area contributed by atoms with E-state index in [1.54, 1.807) is 42.4 Å². The monoisotopic (exact) mass is 459 g/mol. The number of hydrogen-bond acceptors (Lipinski definition) is 7. The van der Waals surface area contributed by atoms with Crippen molar-refractivity contribution >= 4 is 29.3 Å². The average molecular weight is 460 g/mol. The standard InChI is InChI=1S/C24H25N7O3/c1-14-26-12-20(34-14)16-6-8-25-21(10-16)29-24(33)31-17-7-9-30(13-17)19-5-4-18(28-22(19)31)23(32)27-11-15-2-3-15/h4-6,8,10,12,15,17H,2-3,7,9,11,13H2,1H3,(H,27,32)(H,25,29,33)/t17-/m0/s1. The molecule has 1 saturated heterocycles. The first-order valence-corrected chi connectivity index (χ1v) is 11.6. The summed E-state index contributed by atoms with van der Waals surface area (Å²) in [5.74, 6) is 2.45. The third-order valence-electron chi connectivity index (χ3n) is 6.55. The second kappa shape index (κ2) is 8.12. The Kier molecular flexibility index (Phi) is 4.93. The lowest BCUT2D eigenvalue weighted by molar-refractivity contribution is 0.0947. The first-order chi connectivity index (χ1) is 16.5. The minimum absolute atomic E-state index is 0.0233. The molecule has 1 aliphatic carbocycles. The quantitative estimate of drug-likeness (QED) is 0.602. The van der Waals surface area contributed by atoms with E-state index in [4.69, 9.17) is 4.42 Å². The van der Waals surface area contributed by atoms with Gasteiger partial charge in [0.15, 0.2) is 17.5 Å². The number of aromatic nitrogens is 3. The van der Waals surface area contributed by atoms with Crippen molar-refractivity contribution in [1.29, 1.82) is 0 Å². The summed E-state index contributed by atoms with van der Waals surface area (Å²) in [6, 6.07) is 6.83. The summed E-state index contributed by atoms with van der Waals surface area (Å²) in [5.41, 5.74) is 1.95. The summed E-state index contributed by atoms with van der Waals surface area (Å²) in [7, 11) is 0. The van der Waals surface area contributed by atoms with Gasteiger partial charge < -0.3 is 14.6 Å². The lowest BCUT2D eigenvalue weighted by Crippen LogP contribution is -2.48. The molecule has 0 aromatic carbocycles. The number of anilines is 3. The molecular weight excluding hydrogens is 434 g/mol. The van der Waals surface area contributed by atoms with Crippen molar-refractivity contribution in [1.82, 2.24) is 20.3 Å². The van der Waals surface area contributed by atoms with Gasteiger partial charge in [-0.05, 0) is 49.4 Å². The molecule has 0 radical (unpaired) electrons. The van der Waals surface area contributed by atoms with Crippen LogP contribution in [0.2, 0.25) is 0 Å². The maximum Gasteiger partial charge on any atom is 0.329 e. The van der Waals surface area contributed by atoms with Gasteiger partial charge in [0.05, 0.1) is 17.9 Å². The van der Waals surface area contributed by atoms with Gasteiger partial charge in [-0.2, -0.15) is 0 Å². The Labute approximate surface area is 196 Å². The number of amides is 3. The fraction of sp³-hybridized carbons (Fsp3) is 0.375. The van der Waals surface area contributed by atoms with E-state index in [0.29, 0.717) is 41.4 Å². The Morgan fingerprint density at radius 2 is 2.06 bits per heavy atom. The molecular formula is C24H25N7O3. The number of pyridine rings is 2. The number of nitrogens with one attached hydrogen (secondary N) is 2. The minimum atomic E-state index is -0.325. The van der Waals surface area contributed by atoms with Crippen LogP contribution in [0.5, 0.6) is 0 Å². The van der Waals surface area contributed by atoms with Gasteiger partial charge in [-0.3, -0.25) is 15.0 Å². The number of fused-ring (bicyclic) bond motifs is 4. The van der Waals surface area contributed by atoms with Crippen molar-refractivity contribution in [2.45, 2.75) is 32.2 Å². The molecule has 6 rings (SSSR count). The molecule has 10 nitrogen and oxygen atoms in total. The molecule has 2 N–H and O–H groups in total. The molecule has 1 saturated carbocycles. The predicted molar refractivity (Wildman–Crippen MR) is 126 cm³/mol. The first kappa shape index (κ1) is 20.6. The Morgan fingerprint density at radius 1 is 1.18 bits per heavy atom. The lowest BCUT2D eigenvalue weighted by atomic mass is 10.1. The van der Waals surface area contributed by atoms with Gasteiger partial charge >= 0.3 is 6.03 Å². The van der Waals surface area contributed by atoms with Gasteiger partial charge in [-0.25, -0.2) is 19.7 Å². The second-order valence-electron chi connectivity index (χ2n) is 9.05. The van der Waals surface area contributed by atoms with Crippen LogP contribution in [0, 0.1) is 12.8 Å². The van der Waals surface area contributed by atoms with E-state index in [1.165, 1.54) is 0 Å². The minimum Gasteiger partial charge on any atom is -0.441 e. The number of carbonyl (C=O) groups is 2. The summed E-state index contributed by atoms with van der Waals surface area (Å²) in [5, 5.41) is 5.86. The first-order valence-electron chi connectivity index (χ1n) is 11.6. The third kappa shape index (κ3) is 3.85. The summed E-state index contributed by atoms with van der Waals surface area (Å²) in [6.07, 6.45) is 6.41. The number of nitrogens with zero attached hydrogens (tertiary/aromatic N) is 5. The molecule has 2 bridgehead atoms. The molecule has 1 atom stereocenters. The Bertz CT molecular complexity index is 1270. The van der Waals surface area contributed by atoms with Gasteiger partial charge in [-0.1, -0.05) is 0 Å². The van der Waals surface area contributed by atoms with E-state index in [0.717, 1.165) is 43.6 Å². The van der Waals surface area contributed by atoms with Crippen molar-refractivity contribution in [2.24, 2.45) is 5.92 Å². The van der Waals surface area contributed by atoms with Crippen molar-refractivity contribution < 1.29 is 14.0 Å². The number of hydrogen-bond donors (Lipinski definition) is 2. The van der Waals surface area contributed by atoms with Crippen LogP contribution in [0.4, 0.5) is 22.1 Å². The Morgan fingerprint density at radius 3 is 2.85 bits per heavy atom. The average Bonchev–Trinajstić information content (AvgIpc) is 3.43. The zero-order chi connectivity index (χ0) is 23.2. The molecule has 3 aromatic rings. The van der Waals surface area contributed by atoms with Crippen LogP contribution in [-0.4, -0.2) is 52.6 Å². The summed E-state index contributed by atoms with van der Waals surface area (Å²) in [6.45, 7) is 4.03. The molecule has 3 amide bonds. The molecule has 3 aromatic heterocycles. The van der Waals surface area contributed by atoms with Crippen LogP contribution in [0.25, 0.3) is 11.3 Å². The summed E-state index contributed by atoms with van der Waals surface area (Å²) >= 11 is 0. The van der Waals surface area contributed by atoms with E-state index in [9.17, 15) is 9.59 Å². The van der Waals surface area contributed by atoms with Crippen molar-refractivity contribution in [3.8, 4) is 11.3 Å². The molecule has 0 spiro atoms. The van der Waals surface area contributed by atoms with Crippen LogP contribution in [0.15, 0.2) is 41.1 Å². The molecule has 174 valence electrons. The van der Waals surface area contributed by atoms with Gasteiger partial charge in [0.1, 0.15) is 11.5 Å². The molecule has 34 heavy (non-hydrogen) atoms. The zero-order valence-electron chi connectivity index (χ0n) is 18.8. The Balaban J connectivity index is 1.26. The molecule has 2 aliphatic heterocycles. The van der Waals surface area contributed by atoms with E-state index in [1.807, 2.05) is 6.07 Å². The fourth-order valence-electron chi connectivity index (χ4n) is 4.56. The van der Waals surface area contributed by atoms with Crippen LogP contribution < -0.4 is 20.4 Å². The highest BCUT2D eigenvalue weighted by molar-refractivity contribution is 6.05. The van der Waals surface area contributed by atoms with Gasteiger partial charge in [-0.15, -0.1) is 0 Å². The van der Waals surface area contributed by atoms with Crippen LogP contribution in [-0.2, 0) is 0 Å². The van der Waals surface area contributed by atoms with Crippen molar-refractivity contribution in [2.75, 3.05) is 34.8 Å². The largest absolute Gasteiger partial charge is 0.441 e. The SMILES string of the molecule is Cc1ncc(-c2ccnc(NC(=O)N3c4nc(C(=O)NCC5CC5)ccc4N4CC[C@H]3C4)c2)o1. The molecule has 0 unspecified atom stereocenters. The van der Waals surface area contributed by atoms with Crippen molar-refractivity contribution in [3.63, 3.8) is 0 Å². The summed E-state index contributed by atoms with van der Waals surface area (Å²) in [4.78, 5) is 43.1. The van der Waals surface area contributed by atoms with Gasteiger partial charge in [0, 0.05) is 38.3 Å². The number of aryl methyl sites for hydroxylation is 1. The smallest absolute Gasteiger partial charge is 0.329 e. The third-order valence-corrected chi connectivity index (χ3v) is 6.55. The topological polar surface area (TPSA) is 116 Å². The van der Waals surface area contributed by atoms with Crippen LogP contribution in [0.1, 0.15) is 35.6 Å². The number of urea groups is 1. The fourth-order valence-corrected chi connectivity index (χ4v) is 4.56. The predicted octanol–water partition coefficient (Wildman–Crippen LogP) is 3.21. The lowest BCUT2D eigenvalue weighted by Gasteiger charge is -2.35. The van der Waals surface area contributed by atoms with Gasteiger partial charge in [0.25, 0.3) is 5.91 Å². The summed E-state index contributed by atoms with van der Waals surface area (Å²) < 4.78 is 5.59. The molecule has 5 heterocycles. The molecule has 3 aliphatic rings. The van der Waals surface area contributed by atoms with Crippen LogP contribution in [0.3, 0.4) is 0 Å². The van der Waals surface area contributed by atoms with Crippen LogP contribution >= 0.6 is 0 Å². The highest BCUT2D eigenvalue weighted by Crippen LogP contribution is 2.39. The normalized spacial score (nSPS) is 18.6. The number of oxazole rings is 1. The van der Waals surface area contributed by atoms with E-state index >= 15 is 0 Å².